The van der Waals surface area contributed by atoms with Gasteiger partial charge in [0, 0.05) is 6.54 Å². The van der Waals surface area contributed by atoms with Crippen LogP contribution >= 0.6 is 11.6 Å². The molecule has 4 nitrogen and oxygen atoms in total. The second kappa shape index (κ2) is 6.66. The smallest absolute Gasteiger partial charge is 0.169 e. The van der Waals surface area contributed by atoms with Crippen molar-refractivity contribution in [3.05, 3.63) is 16.9 Å². The van der Waals surface area contributed by atoms with E-state index in [1.807, 2.05) is 14.1 Å². The highest BCUT2D eigenvalue weighted by Crippen LogP contribution is 2.33. The van der Waals surface area contributed by atoms with E-state index in [-0.39, 0.29) is 22.1 Å². The van der Waals surface area contributed by atoms with Gasteiger partial charge in [-0.1, -0.05) is 11.6 Å². The molecule has 0 bridgehead atoms. The van der Waals surface area contributed by atoms with Crippen LogP contribution in [0, 0.1) is 5.82 Å². The number of nitrogens with one attached hydrogen (secondary N) is 1. The molecule has 0 radical (unpaired) electrons. The molecule has 0 saturated heterocycles. The van der Waals surface area contributed by atoms with Crippen LogP contribution in [0.15, 0.2) is 6.07 Å². The first-order valence-electron chi connectivity index (χ1n) is 5.85. The number of nitrogens with zero attached hydrogens (tertiary/aromatic N) is 1. The molecule has 0 aliphatic heterocycles. The average molecular weight is 275 g/mol. The monoisotopic (exact) mass is 274 g/mol. The van der Waals surface area contributed by atoms with Crippen LogP contribution in [0.4, 0.5) is 21.5 Å². The molecule has 0 amide bonds. The molecule has 0 fully saturated rings. The Balaban J connectivity index is 2.55. The Morgan fingerprint density at radius 3 is 2.56 bits per heavy atom. The predicted octanol–water partition coefficient (Wildman–Crippen LogP) is 2.40. The Hall–Kier alpha value is -1.20. The third-order valence-electron chi connectivity index (χ3n) is 2.60. The topological polar surface area (TPSA) is 67.3 Å². The van der Waals surface area contributed by atoms with Crippen LogP contribution in [0.3, 0.4) is 0 Å². The number of benzene rings is 1. The van der Waals surface area contributed by atoms with Gasteiger partial charge in [0.25, 0.3) is 0 Å². The number of halogens is 2. The van der Waals surface area contributed by atoms with Crippen LogP contribution in [-0.4, -0.2) is 32.1 Å². The molecule has 5 N–H and O–H groups in total. The molecule has 0 atom stereocenters. The van der Waals surface area contributed by atoms with E-state index in [9.17, 15) is 4.39 Å². The molecule has 1 aromatic rings. The van der Waals surface area contributed by atoms with Crippen molar-refractivity contribution < 1.29 is 4.39 Å². The zero-order valence-corrected chi connectivity index (χ0v) is 11.5. The second-order valence-electron chi connectivity index (χ2n) is 4.50. The Morgan fingerprint density at radius 1 is 1.28 bits per heavy atom. The number of nitrogen functional groups attached to an aromatic ring is 2. The largest absolute Gasteiger partial charge is 0.397 e. The zero-order valence-electron chi connectivity index (χ0n) is 10.8. The summed E-state index contributed by atoms with van der Waals surface area (Å²) >= 11 is 5.73. The Bertz CT molecular complexity index is 410. The van der Waals surface area contributed by atoms with E-state index in [2.05, 4.69) is 10.2 Å². The lowest BCUT2D eigenvalue weighted by atomic mass is 10.2. The molecular formula is C12H20ClFN4. The van der Waals surface area contributed by atoms with E-state index < -0.39 is 5.82 Å². The van der Waals surface area contributed by atoms with Crippen molar-refractivity contribution in [3.8, 4) is 0 Å². The van der Waals surface area contributed by atoms with Crippen LogP contribution in [-0.2, 0) is 0 Å². The zero-order chi connectivity index (χ0) is 13.7. The summed E-state index contributed by atoms with van der Waals surface area (Å²) < 4.78 is 13.8. The van der Waals surface area contributed by atoms with Gasteiger partial charge in [-0.05, 0) is 39.5 Å². The first-order chi connectivity index (χ1) is 8.43. The van der Waals surface area contributed by atoms with Crippen LogP contribution in [0.25, 0.3) is 0 Å². The fourth-order valence-corrected chi connectivity index (χ4v) is 1.76. The molecule has 18 heavy (non-hydrogen) atoms. The molecular weight excluding hydrogens is 255 g/mol. The maximum Gasteiger partial charge on any atom is 0.169 e. The summed E-state index contributed by atoms with van der Waals surface area (Å²) in [5.41, 5.74) is 11.9. The molecule has 0 unspecified atom stereocenters. The van der Waals surface area contributed by atoms with Crippen molar-refractivity contribution in [2.75, 3.05) is 44.0 Å². The van der Waals surface area contributed by atoms with Gasteiger partial charge in [-0.15, -0.1) is 0 Å². The number of anilines is 3. The number of rotatable bonds is 6. The number of nitrogens with two attached hydrogens (primary N) is 2. The fourth-order valence-electron chi connectivity index (χ4n) is 1.61. The van der Waals surface area contributed by atoms with E-state index >= 15 is 0 Å². The lowest BCUT2D eigenvalue weighted by Gasteiger charge is -2.13. The third-order valence-corrected chi connectivity index (χ3v) is 2.98. The van der Waals surface area contributed by atoms with Gasteiger partial charge in [0.1, 0.15) is 5.02 Å². The lowest BCUT2D eigenvalue weighted by Crippen LogP contribution is -2.14. The van der Waals surface area contributed by atoms with Crippen molar-refractivity contribution in [2.45, 2.75) is 12.8 Å². The van der Waals surface area contributed by atoms with E-state index in [0.29, 0.717) is 6.54 Å². The standard InChI is InChI=1S/C12H20ClFN4/c1-18(2)6-4-3-5-17-12-9(16)7-8(15)10(13)11(12)14/h7,17H,3-6,15-16H2,1-2H3. The SMILES string of the molecule is CN(C)CCCCNc1c(N)cc(N)c(Cl)c1F. The van der Waals surface area contributed by atoms with Crippen LogP contribution < -0.4 is 16.8 Å². The average Bonchev–Trinajstić information content (AvgIpc) is 2.29. The van der Waals surface area contributed by atoms with Gasteiger partial charge in [0.15, 0.2) is 5.82 Å². The number of unbranched alkanes of at least 4 members (excludes halogenated alkanes) is 1. The van der Waals surface area contributed by atoms with Crippen molar-refractivity contribution in [3.63, 3.8) is 0 Å². The molecule has 102 valence electrons. The normalized spacial score (nSPS) is 10.9. The van der Waals surface area contributed by atoms with Gasteiger partial charge in [-0.3, -0.25) is 0 Å². The molecule has 0 aromatic heterocycles. The van der Waals surface area contributed by atoms with E-state index in [1.165, 1.54) is 6.07 Å². The maximum atomic E-state index is 13.8. The highest BCUT2D eigenvalue weighted by Gasteiger charge is 2.13. The second-order valence-corrected chi connectivity index (χ2v) is 4.87. The van der Waals surface area contributed by atoms with E-state index in [4.69, 9.17) is 23.1 Å². The minimum absolute atomic E-state index is 0.0833. The molecule has 1 rings (SSSR count). The van der Waals surface area contributed by atoms with Crippen molar-refractivity contribution >= 4 is 28.7 Å². The van der Waals surface area contributed by atoms with Crippen LogP contribution in [0.5, 0.6) is 0 Å². The Morgan fingerprint density at radius 2 is 1.94 bits per heavy atom. The summed E-state index contributed by atoms with van der Waals surface area (Å²) in [4.78, 5) is 2.11. The summed E-state index contributed by atoms with van der Waals surface area (Å²) in [5, 5.41) is 2.88. The van der Waals surface area contributed by atoms with Crippen LogP contribution in [0.2, 0.25) is 5.02 Å². The van der Waals surface area contributed by atoms with Gasteiger partial charge in [0.2, 0.25) is 0 Å². The minimum Gasteiger partial charge on any atom is -0.397 e. The van der Waals surface area contributed by atoms with E-state index in [1.54, 1.807) is 0 Å². The molecule has 0 aliphatic carbocycles. The van der Waals surface area contributed by atoms with Crippen LogP contribution in [0.1, 0.15) is 12.8 Å². The summed E-state index contributed by atoms with van der Waals surface area (Å²) in [6.07, 6.45) is 1.96. The minimum atomic E-state index is -0.582. The van der Waals surface area contributed by atoms with Gasteiger partial charge < -0.3 is 21.7 Å². The van der Waals surface area contributed by atoms with Crippen molar-refractivity contribution in [1.29, 1.82) is 0 Å². The quantitative estimate of drug-likeness (QED) is 0.550. The molecule has 0 spiro atoms. The Labute approximate surface area is 112 Å². The number of hydrogen-bond acceptors (Lipinski definition) is 4. The third kappa shape index (κ3) is 3.92. The maximum absolute atomic E-state index is 13.8. The molecule has 0 saturated carbocycles. The molecule has 0 aliphatic rings. The molecule has 1 aromatic carbocycles. The van der Waals surface area contributed by atoms with E-state index in [0.717, 1.165) is 19.4 Å². The first kappa shape index (κ1) is 14.9. The predicted molar refractivity (Wildman–Crippen MR) is 76.5 cm³/mol. The molecule has 0 heterocycles. The first-order valence-corrected chi connectivity index (χ1v) is 6.22. The van der Waals surface area contributed by atoms with Crippen molar-refractivity contribution in [2.24, 2.45) is 0 Å². The fraction of sp³-hybridized carbons (Fsp3) is 0.500. The van der Waals surface area contributed by atoms with Gasteiger partial charge in [-0.2, -0.15) is 0 Å². The lowest BCUT2D eigenvalue weighted by molar-refractivity contribution is 0.396. The highest BCUT2D eigenvalue weighted by atomic mass is 35.5. The summed E-state index contributed by atoms with van der Waals surface area (Å²) in [5.74, 6) is -0.582. The van der Waals surface area contributed by atoms with Gasteiger partial charge in [-0.25, -0.2) is 4.39 Å². The summed E-state index contributed by atoms with van der Waals surface area (Å²) in [6, 6.07) is 1.47. The van der Waals surface area contributed by atoms with Gasteiger partial charge >= 0.3 is 0 Å². The summed E-state index contributed by atoms with van der Waals surface area (Å²) in [6.45, 7) is 1.65. The van der Waals surface area contributed by atoms with Gasteiger partial charge in [0.05, 0.1) is 17.1 Å². The number of hydrogen-bond donors (Lipinski definition) is 3. The highest BCUT2D eigenvalue weighted by molar-refractivity contribution is 6.33. The van der Waals surface area contributed by atoms with Crippen molar-refractivity contribution in [1.82, 2.24) is 4.90 Å². The Kier molecular flexibility index (Phi) is 5.50. The summed E-state index contributed by atoms with van der Waals surface area (Å²) in [7, 11) is 4.04. The molecule has 6 heteroatoms.